The molecule has 2 aromatic carbocycles. The Balaban J connectivity index is 1.23. The van der Waals surface area contributed by atoms with Crippen LogP contribution in [0.15, 0.2) is 78.4 Å². The first-order chi connectivity index (χ1) is 16.7. The molecule has 0 aliphatic carbocycles. The van der Waals surface area contributed by atoms with Gasteiger partial charge < -0.3 is 10.6 Å². The molecule has 4 aromatic rings. The summed E-state index contributed by atoms with van der Waals surface area (Å²) in [6.07, 6.45) is 3.48. The van der Waals surface area contributed by atoms with E-state index in [-0.39, 0.29) is 5.91 Å². The number of piperazine rings is 1. The molecule has 0 atom stereocenters. The van der Waals surface area contributed by atoms with E-state index >= 15 is 0 Å². The predicted octanol–water partition coefficient (Wildman–Crippen LogP) is 4.21. The van der Waals surface area contributed by atoms with Crippen LogP contribution < -0.4 is 10.6 Å². The van der Waals surface area contributed by atoms with Crippen LogP contribution in [0.5, 0.6) is 0 Å². The van der Waals surface area contributed by atoms with E-state index in [2.05, 4.69) is 61.9 Å². The zero-order chi connectivity index (χ0) is 23.2. The number of pyridine rings is 1. The second-order valence-corrected chi connectivity index (χ2v) is 9.25. The van der Waals surface area contributed by atoms with Gasteiger partial charge in [0.05, 0.1) is 0 Å². The quantitative estimate of drug-likeness (QED) is 0.424. The summed E-state index contributed by atoms with van der Waals surface area (Å²) < 4.78 is 0. The van der Waals surface area contributed by atoms with Gasteiger partial charge in [-0.2, -0.15) is 0 Å². The van der Waals surface area contributed by atoms with Crippen molar-refractivity contribution in [2.75, 3.05) is 26.2 Å². The molecule has 2 N–H and O–H groups in total. The lowest BCUT2D eigenvalue weighted by Gasteiger charge is -2.27. The number of nitrogens with one attached hydrogen (secondary N) is 2. The van der Waals surface area contributed by atoms with E-state index in [1.54, 1.807) is 17.8 Å². The van der Waals surface area contributed by atoms with E-state index in [1.165, 1.54) is 22.5 Å². The summed E-state index contributed by atoms with van der Waals surface area (Å²) in [5.74, 6) is -0.171. The van der Waals surface area contributed by atoms with Gasteiger partial charge in [0.15, 0.2) is 0 Å². The average Bonchev–Trinajstić information content (AvgIpc) is 3.39. The van der Waals surface area contributed by atoms with Gasteiger partial charge in [-0.05, 0) is 46.5 Å². The van der Waals surface area contributed by atoms with Gasteiger partial charge in [-0.15, -0.1) is 11.3 Å². The highest BCUT2D eigenvalue weighted by Gasteiger charge is 2.13. The fourth-order valence-electron chi connectivity index (χ4n) is 4.11. The second kappa shape index (κ2) is 10.7. The van der Waals surface area contributed by atoms with Crippen LogP contribution in [0.2, 0.25) is 0 Å². The van der Waals surface area contributed by atoms with Gasteiger partial charge in [0.25, 0.3) is 5.91 Å². The molecular weight excluding hydrogens is 442 g/mol. The van der Waals surface area contributed by atoms with Crippen molar-refractivity contribution in [1.82, 2.24) is 25.5 Å². The predicted molar refractivity (Wildman–Crippen MR) is 137 cm³/mol. The first kappa shape index (κ1) is 22.4. The van der Waals surface area contributed by atoms with Crippen molar-refractivity contribution in [2.24, 2.45) is 0 Å². The molecule has 0 saturated carbocycles. The van der Waals surface area contributed by atoms with E-state index < -0.39 is 0 Å². The van der Waals surface area contributed by atoms with E-state index in [0.29, 0.717) is 12.2 Å². The number of thiazole rings is 1. The molecule has 0 unspecified atom stereocenters. The normalized spacial score (nSPS) is 14.1. The number of hydrogen-bond donors (Lipinski definition) is 2. The average molecular weight is 470 g/mol. The van der Waals surface area contributed by atoms with Crippen LogP contribution in [0.25, 0.3) is 21.7 Å². The second-order valence-electron chi connectivity index (χ2n) is 8.39. The Hall–Kier alpha value is -3.39. The lowest BCUT2D eigenvalue weighted by atomic mass is 10.0. The van der Waals surface area contributed by atoms with Gasteiger partial charge in [-0.25, -0.2) is 4.98 Å². The summed E-state index contributed by atoms with van der Waals surface area (Å²) in [7, 11) is 0. The Bertz CT molecular complexity index is 1250. The fraction of sp³-hybridized carbons (Fsp3) is 0.222. The SMILES string of the molecule is O=C(NCc1cccc(-c2cccc(CN3CCNCC3)c2)c1)c1csc(-c2cccnc2)n1. The number of amides is 1. The number of benzene rings is 2. The minimum absolute atomic E-state index is 0.171. The first-order valence-electron chi connectivity index (χ1n) is 11.5. The molecule has 1 aliphatic heterocycles. The molecule has 34 heavy (non-hydrogen) atoms. The minimum Gasteiger partial charge on any atom is -0.347 e. The van der Waals surface area contributed by atoms with Crippen LogP contribution in [-0.2, 0) is 13.1 Å². The number of carbonyl (C=O) groups excluding carboxylic acids is 1. The summed E-state index contributed by atoms with van der Waals surface area (Å²) in [6, 6.07) is 20.9. The zero-order valence-electron chi connectivity index (χ0n) is 18.9. The van der Waals surface area contributed by atoms with Crippen LogP contribution in [0.4, 0.5) is 0 Å². The largest absolute Gasteiger partial charge is 0.347 e. The highest BCUT2D eigenvalue weighted by molar-refractivity contribution is 7.13. The Labute approximate surface area is 203 Å². The van der Waals surface area contributed by atoms with Crippen molar-refractivity contribution >= 4 is 17.2 Å². The molecule has 0 bridgehead atoms. The van der Waals surface area contributed by atoms with Crippen molar-refractivity contribution in [3.05, 3.63) is 95.3 Å². The molecule has 1 fully saturated rings. The van der Waals surface area contributed by atoms with E-state index in [0.717, 1.165) is 54.4 Å². The number of hydrogen-bond acceptors (Lipinski definition) is 6. The van der Waals surface area contributed by atoms with E-state index in [4.69, 9.17) is 0 Å². The smallest absolute Gasteiger partial charge is 0.271 e. The van der Waals surface area contributed by atoms with Gasteiger partial charge in [-0.1, -0.05) is 36.4 Å². The highest BCUT2D eigenvalue weighted by atomic mass is 32.1. The number of carbonyl (C=O) groups is 1. The number of rotatable bonds is 7. The summed E-state index contributed by atoms with van der Waals surface area (Å²) in [6.45, 7) is 5.70. The molecular formula is C27H27N5OS. The summed E-state index contributed by atoms with van der Waals surface area (Å²) in [5.41, 5.74) is 6.08. The number of aromatic nitrogens is 2. The van der Waals surface area contributed by atoms with Crippen LogP contribution in [0.3, 0.4) is 0 Å². The number of nitrogens with zero attached hydrogens (tertiary/aromatic N) is 3. The lowest BCUT2D eigenvalue weighted by molar-refractivity contribution is 0.0946. The van der Waals surface area contributed by atoms with Crippen molar-refractivity contribution in [3.8, 4) is 21.7 Å². The maximum absolute atomic E-state index is 12.7. The fourth-order valence-corrected chi connectivity index (χ4v) is 4.90. The monoisotopic (exact) mass is 469 g/mol. The summed E-state index contributed by atoms with van der Waals surface area (Å²) >= 11 is 1.45. The Morgan fingerprint density at radius 1 is 0.971 bits per heavy atom. The van der Waals surface area contributed by atoms with Crippen molar-refractivity contribution in [2.45, 2.75) is 13.1 Å². The third kappa shape index (κ3) is 5.56. The Morgan fingerprint density at radius 2 is 1.71 bits per heavy atom. The van der Waals surface area contributed by atoms with Gasteiger partial charge in [0.2, 0.25) is 0 Å². The third-order valence-corrected chi connectivity index (χ3v) is 6.79. The van der Waals surface area contributed by atoms with Crippen LogP contribution in [-0.4, -0.2) is 47.0 Å². The van der Waals surface area contributed by atoms with Crippen LogP contribution >= 0.6 is 11.3 Å². The Morgan fingerprint density at radius 3 is 2.47 bits per heavy atom. The molecule has 3 heterocycles. The maximum atomic E-state index is 12.7. The van der Waals surface area contributed by atoms with Gasteiger partial charge in [0.1, 0.15) is 10.7 Å². The third-order valence-electron chi connectivity index (χ3n) is 5.90. The van der Waals surface area contributed by atoms with E-state index in [1.807, 2.05) is 24.3 Å². The van der Waals surface area contributed by atoms with Gasteiger partial charge in [-0.3, -0.25) is 14.7 Å². The minimum atomic E-state index is -0.171. The molecule has 1 saturated heterocycles. The van der Waals surface area contributed by atoms with E-state index in [9.17, 15) is 4.79 Å². The molecule has 0 spiro atoms. The lowest BCUT2D eigenvalue weighted by Crippen LogP contribution is -2.42. The van der Waals surface area contributed by atoms with Gasteiger partial charge in [0, 0.05) is 62.6 Å². The molecule has 1 aliphatic rings. The Kier molecular flexibility index (Phi) is 7.05. The van der Waals surface area contributed by atoms with Crippen LogP contribution in [0.1, 0.15) is 21.6 Å². The molecule has 0 radical (unpaired) electrons. The van der Waals surface area contributed by atoms with Crippen molar-refractivity contribution < 1.29 is 4.79 Å². The topological polar surface area (TPSA) is 70.2 Å². The van der Waals surface area contributed by atoms with Gasteiger partial charge >= 0.3 is 0 Å². The first-order valence-corrected chi connectivity index (χ1v) is 12.4. The summed E-state index contributed by atoms with van der Waals surface area (Å²) in [4.78, 5) is 23.7. The molecule has 7 heteroatoms. The summed E-state index contributed by atoms with van der Waals surface area (Å²) in [5, 5.41) is 8.99. The molecule has 2 aromatic heterocycles. The molecule has 6 nitrogen and oxygen atoms in total. The standard InChI is InChI=1S/C27H27N5OS/c33-26(25-19-34-27(31-25)24-8-3-9-29-17-24)30-16-20-4-1-6-22(14-20)23-7-2-5-21(15-23)18-32-12-10-28-11-13-32/h1-9,14-15,17,19,28H,10-13,16,18H2,(H,30,33). The van der Waals surface area contributed by atoms with Crippen LogP contribution in [0, 0.1) is 0 Å². The molecule has 1 amide bonds. The zero-order valence-corrected chi connectivity index (χ0v) is 19.7. The highest BCUT2D eigenvalue weighted by Crippen LogP contribution is 2.24. The molecule has 172 valence electrons. The van der Waals surface area contributed by atoms with Crippen molar-refractivity contribution in [3.63, 3.8) is 0 Å². The maximum Gasteiger partial charge on any atom is 0.271 e. The van der Waals surface area contributed by atoms with Crippen molar-refractivity contribution in [1.29, 1.82) is 0 Å². The molecule has 5 rings (SSSR count).